The zero-order chi connectivity index (χ0) is 15.6. The van der Waals surface area contributed by atoms with Crippen molar-refractivity contribution in [2.75, 3.05) is 7.05 Å². The van der Waals surface area contributed by atoms with Gasteiger partial charge in [0.2, 0.25) is 0 Å². The number of halogens is 4. The SMILES string of the molecule is CN(Cc1cccc(Cl)c1Cl)C(=O)c1cc(Cl)nc(Cl)c1. The lowest BCUT2D eigenvalue weighted by molar-refractivity contribution is 0.0785. The van der Waals surface area contributed by atoms with Gasteiger partial charge in [0.1, 0.15) is 10.3 Å². The first kappa shape index (κ1) is 16.4. The molecule has 0 fully saturated rings. The van der Waals surface area contributed by atoms with E-state index >= 15 is 0 Å². The van der Waals surface area contributed by atoms with Crippen LogP contribution < -0.4 is 0 Å². The van der Waals surface area contributed by atoms with E-state index in [-0.39, 0.29) is 16.2 Å². The Labute approximate surface area is 142 Å². The Morgan fingerprint density at radius 3 is 2.38 bits per heavy atom. The number of benzene rings is 1. The Bertz CT molecular complexity index is 670. The van der Waals surface area contributed by atoms with Gasteiger partial charge in [-0.3, -0.25) is 4.79 Å². The van der Waals surface area contributed by atoms with Gasteiger partial charge in [-0.25, -0.2) is 4.98 Å². The first-order valence-corrected chi connectivity index (χ1v) is 7.41. The van der Waals surface area contributed by atoms with Crippen LogP contribution in [0.1, 0.15) is 15.9 Å². The largest absolute Gasteiger partial charge is 0.337 e. The third kappa shape index (κ3) is 4.01. The van der Waals surface area contributed by atoms with E-state index in [9.17, 15) is 4.79 Å². The molecule has 0 aliphatic rings. The number of rotatable bonds is 3. The van der Waals surface area contributed by atoms with Crippen LogP contribution in [0.4, 0.5) is 0 Å². The number of amides is 1. The van der Waals surface area contributed by atoms with E-state index in [4.69, 9.17) is 46.4 Å². The fourth-order valence-corrected chi connectivity index (χ4v) is 2.65. The molecule has 0 saturated heterocycles. The van der Waals surface area contributed by atoms with E-state index in [2.05, 4.69) is 4.98 Å². The first-order chi connectivity index (χ1) is 9.88. The maximum Gasteiger partial charge on any atom is 0.254 e. The minimum Gasteiger partial charge on any atom is -0.337 e. The molecule has 0 unspecified atom stereocenters. The fourth-order valence-electron chi connectivity index (χ4n) is 1.81. The number of aromatic nitrogens is 1. The Morgan fingerprint density at radius 1 is 1.14 bits per heavy atom. The number of nitrogens with zero attached hydrogens (tertiary/aromatic N) is 2. The molecule has 0 aliphatic heterocycles. The highest BCUT2D eigenvalue weighted by molar-refractivity contribution is 6.42. The zero-order valence-corrected chi connectivity index (χ0v) is 13.9. The maximum absolute atomic E-state index is 12.4. The number of pyridine rings is 1. The Kier molecular flexibility index (Phi) is 5.33. The van der Waals surface area contributed by atoms with Crippen LogP contribution in [0.2, 0.25) is 20.4 Å². The zero-order valence-electron chi connectivity index (χ0n) is 10.9. The second-order valence-corrected chi connectivity index (χ2v) is 5.94. The summed E-state index contributed by atoms with van der Waals surface area (Å²) in [5, 5.41) is 1.22. The van der Waals surface area contributed by atoms with Gasteiger partial charge in [0.05, 0.1) is 10.0 Å². The molecule has 0 aliphatic carbocycles. The molecule has 21 heavy (non-hydrogen) atoms. The molecule has 2 aromatic rings. The molecular formula is C14H10Cl4N2O. The summed E-state index contributed by atoms with van der Waals surface area (Å²) in [4.78, 5) is 17.7. The normalized spacial score (nSPS) is 10.5. The second kappa shape index (κ2) is 6.84. The van der Waals surface area contributed by atoms with E-state index < -0.39 is 0 Å². The fraction of sp³-hybridized carbons (Fsp3) is 0.143. The van der Waals surface area contributed by atoms with Gasteiger partial charge in [-0.2, -0.15) is 0 Å². The predicted molar refractivity (Wildman–Crippen MR) is 86.5 cm³/mol. The molecule has 1 amide bonds. The van der Waals surface area contributed by atoms with Crippen LogP contribution in [0.5, 0.6) is 0 Å². The van der Waals surface area contributed by atoms with Gasteiger partial charge in [0, 0.05) is 19.2 Å². The minimum absolute atomic E-state index is 0.167. The Hall–Kier alpha value is -1.00. The maximum atomic E-state index is 12.4. The monoisotopic (exact) mass is 362 g/mol. The van der Waals surface area contributed by atoms with Crippen LogP contribution in [0, 0.1) is 0 Å². The smallest absolute Gasteiger partial charge is 0.254 e. The van der Waals surface area contributed by atoms with Gasteiger partial charge in [0.25, 0.3) is 5.91 Å². The van der Waals surface area contributed by atoms with Gasteiger partial charge in [0.15, 0.2) is 0 Å². The van der Waals surface area contributed by atoms with E-state index in [1.165, 1.54) is 17.0 Å². The summed E-state index contributed by atoms with van der Waals surface area (Å²) < 4.78 is 0. The highest BCUT2D eigenvalue weighted by Gasteiger charge is 2.15. The highest BCUT2D eigenvalue weighted by atomic mass is 35.5. The van der Waals surface area contributed by atoms with E-state index in [0.29, 0.717) is 22.2 Å². The van der Waals surface area contributed by atoms with Crippen molar-refractivity contribution in [1.82, 2.24) is 9.88 Å². The Balaban J connectivity index is 2.21. The molecule has 110 valence electrons. The summed E-state index contributed by atoms with van der Waals surface area (Å²) in [5.74, 6) is -0.239. The molecule has 0 saturated carbocycles. The lowest BCUT2D eigenvalue weighted by Gasteiger charge is -2.18. The molecule has 2 rings (SSSR count). The lowest BCUT2D eigenvalue weighted by Crippen LogP contribution is -2.26. The quantitative estimate of drug-likeness (QED) is 0.721. The van der Waals surface area contributed by atoms with Crippen molar-refractivity contribution >= 4 is 52.3 Å². The van der Waals surface area contributed by atoms with Crippen molar-refractivity contribution in [2.45, 2.75) is 6.54 Å². The highest BCUT2D eigenvalue weighted by Crippen LogP contribution is 2.26. The van der Waals surface area contributed by atoms with Crippen LogP contribution in [0.3, 0.4) is 0 Å². The molecule has 0 atom stereocenters. The molecule has 1 aromatic heterocycles. The Morgan fingerprint density at radius 2 is 1.76 bits per heavy atom. The van der Waals surface area contributed by atoms with Crippen molar-refractivity contribution < 1.29 is 4.79 Å². The summed E-state index contributed by atoms with van der Waals surface area (Å²) >= 11 is 23.7. The molecule has 3 nitrogen and oxygen atoms in total. The lowest BCUT2D eigenvalue weighted by atomic mass is 10.2. The van der Waals surface area contributed by atoms with E-state index in [1.54, 1.807) is 19.2 Å². The molecule has 0 radical (unpaired) electrons. The number of carbonyl (C=O) groups excluding carboxylic acids is 1. The predicted octanol–water partition coefficient (Wildman–Crippen LogP) is 4.97. The van der Waals surface area contributed by atoms with E-state index in [0.717, 1.165) is 5.56 Å². The van der Waals surface area contributed by atoms with Crippen LogP contribution in [0.15, 0.2) is 30.3 Å². The summed E-state index contributed by atoms with van der Waals surface area (Å²) in [7, 11) is 1.65. The molecule has 0 bridgehead atoms. The number of carbonyl (C=O) groups is 1. The second-order valence-electron chi connectivity index (χ2n) is 4.38. The molecule has 1 aromatic carbocycles. The van der Waals surface area contributed by atoms with E-state index in [1.807, 2.05) is 6.07 Å². The molecule has 0 N–H and O–H groups in total. The number of hydrogen-bond donors (Lipinski definition) is 0. The topological polar surface area (TPSA) is 33.2 Å². The van der Waals surface area contributed by atoms with Crippen LogP contribution in [-0.2, 0) is 6.54 Å². The van der Waals surface area contributed by atoms with Crippen LogP contribution in [-0.4, -0.2) is 22.8 Å². The van der Waals surface area contributed by atoms with Gasteiger partial charge in [-0.15, -0.1) is 0 Å². The minimum atomic E-state index is -0.239. The van der Waals surface area contributed by atoms with Gasteiger partial charge < -0.3 is 4.90 Å². The van der Waals surface area contributed by atoms with Crippen molar-refractivity contribution in [2.24, 2.45) is 0 Å². The molecule has 1 heterocycles. The first-order valence-electron chi connectivity index (χ1n) is 5.90. The summed E-state index contributed by atoms with van der Waals surface area (Å²) in [5.41, 5.74) is 1.12. The summed E-state index contributed by atoms with van der Waals surface area (Å²) in [6, 6.07) is 8.21. The molecule has 7 heteroatoms. The average molecular weight is 364 g/mol. The summed E-state index contributed by atoms with van der Waals surface area (Å²) in [6.45, 7) is 0.315. The summed E-state index contributed by atoms with van der Waals surface area (Å²) in [6.07, 6.45) is 0. The van der Waals surface area contributed by atoms with Crippen LogP contribution >= 0.6 is 46.4 Å². The van der Waals surface area contributed by atoms with Crippen molar-refractivity contribution in [1.29, 1.82) is 0 Å². The van der Waals surface area contributed by atoms with Gasteiger partial charge in [-0.05, 0) is 23.8 Å². The third-order valence-corrected chi connectivity index (χ3v) is 4.04. The molecule has 0 spiro atoms. The van der Waals surface area contributed by atoms with Crippen molar-refractivity contribution in [3.63, 3.8) is 0 Å². The third-order valence-electron chi connectivity index (χ3n) is 2.80. The van der Waals surface area contributed by atoms with Gasteiger partial charge in [-0.1, -0.05) is 58.5 Å². The van der Waals surface area contributed by atoms with Crippen molar-refractivity contribution in [3.8, 4) is 0 Å². The van der Waals surface area contributed by atoms with Crippen molar-refractivity contribution in [3.05, 3.63) is 61.8 Å². The van der Waals surface area contributed by atoms with Gasteiger partial charge >= 0.3 is 0 Å². The average Bonchev–Trinajstić information content (AvgIpc) is 2.42. The number of hydrogen-bond acceptors (Lipinski definition) is 2. The van der Waals surface area contributed by atoms with Crippen LogP contribution in [0.25, 0.3) is 0 Å². The standard InChI is InChI=1S/C14H10Cl4N2O/c1-20(7-8-3-2-4-10(15)13(8)18)14(21)9-5-11(16)19-12(17)6-9/h2-6H,7H2,1H3. The molecular weight excluding hydrogens is 354 g/mol.